The first-order valence-corrected chi connectivity index (χ1v) is 8.07. The van der Waals surface area contributed by atoms with Gasteiger partial charge in [-0.05, 0) is 24.8 Å². The molecule has 0 radical (unpaired) electrons. The highest BCUT2D eigenvalue weighted by Gasteiger charge is 2.27. The molecule has 0 aliphatic carbocycles. The number of hydrogen-bond acceptors (Lipinski definition) is 3. The van der Waals surface area contributed by atoms with Gasteiger partial charge in [-0.1, -0.05) is 18.5 Å². The normalized spacial score (nSPS) is 18.1. The Kier molecular flexibility index (Phi) is 4.41. The molecule has 5 nitrogen and oxygen atoms in total. The van der Waals surface area contributed by atoms with Crippen LogP contribution in [0.15, 0.2) is 12.1 Å². The molecule has 2 N–H and O–H groups in total. The predicted molar refractivity (Wildman–Crippen MR) is 75.6 cm³/mol. The number of nitrogens with zero attached hydrogens (tertiary/aromatic N) is 1. The van der Waals surface area contributed by atoms with Gasteiger partial charge in [0, 0.05) is 19.2 Å². The predicted octanol–water partition coefficient (Wildman–Crippen LogP) is 2.57. The number of rotatable bonds is 3. The third-order valence-corrected chi connectivity index (χ3v) is 5.17. The highest BCUT2D eigenvalue weighted by atomic mass is 35.5. The van der Waals surface area contributed by atoms with Crippen LogP contribution < -0.4 is 4.72 Å². The van der Waals surface area contributed by atoms with E-state index in [0.29, 0.717) is 19.0 Å². The van der Waals surface area contributed by atoms with Crippen LogP contribution in [0.1, 0.15) is 19.8 Å². The van der Waals surface area contributed by atoms with E-state index in [2.05, 4.69) is 11.6 Å². The maximum atomic E-state index is 13.1. The lowest BCUT2D eigenvalue weighted by atomic mass is 10.0. The minimum absolute atomic E-state index is 0.130. The summed E-state index contributed by atoms with van der Waals surface area (Å²) in [5.74, 6) is -0.810. The average molecular weight is 323 g/mol. The number of anilines is 1. The van der Waals surface area contributed by atoms with Crippen molar-refractivity contribution in [2.45, 2.75) is 19.8 Å². The van der Waals surface area contributed by atoms with E-state index < -0.39 is 21.8 Å². The molecule has 1 aliphatic heterocycles. The molecule has 1 saturated heterocycles. The van der Waals surface area contributed by atoms with E-state index in [1.54, 1.807) is 0 Å². The highest BCUT2D eigenvalue weighted by Crippen LogP contribution is 2.31. The van der Waals surface area contributed by atoms with Crippen molar-refractivity contribution in [3.05, 3.63) is 23.0 Å². The zero-order chi connectivity index (χ0) is 14.9. The number of benzene rings is 1. The van der Waals surface area contributed by atoms with Gasteiger partial charge in [0.15, 0.2) is 0 Å². The summed E-state index contributed by atoms with van der Waals surface area (Å²) in [5, 5.41) is 9.32. The summed E-state index contributed by atoms with van der Waals surface area (Å²) in [6.45, 7) is 2.92. The summed E-state index contributed by atoms with van der Waals surface area (Å²) in [7, 11) is -3.77. The van der Waals surface area contributed by atoms with Gasteiger partial charge in [0.1, 0.15) is 11.6 Å². The van der Waals surface area contributed by atoms with Crippen LogP contribution in [0.4, 0.5) is 10.1 Å². The maximum Gasteiger partial charge on any atom is 0.301 e. The van der Waals surface area contributed by atoms with Crippen LogP contribution in [-0.4, -0.2) is 30.9 Å². The Morgan fingerprint density at radius 1 is 1.40 bits per heavy atom. The molecule has 1 aromatic carbocycles. The van der Waals surface area contributed by atoms with Crippen LogP contribution >= 0.6 is 11.6 Å². The smallest absolute Gasteiger partial charge is 0.301 e. The number of phenols is 1. The van der Waals surface area contributed by atoms with Crippen molar-refractivity contribution in [1.29, 1.82) is 0 Å². The van der Waals surface area contributed by atoms with E-state index in [1.807, 2.05) is 0 Å². The Bertz CT molecular complexity index is 601. The van der Waals surface area contributed by atoms with Gasteiger partial charge in [-0.15, -0.1) is 0 Å². The van der Waals surface area contributed by atoms with Crippen LogP contribution in [0, 0.1) is 11.7 Å². The molecule has 20 heavy (non-hydrogen) atoms. The SMILES string of the molecule is CC1CCN(S(=O)(=O)Nc2cc(Cl)c(F)cc2O)CC1. The minimum Gasteiger partial charge on any atom is -0.506 e. The average Bonchev–Trinajstić information content (AvgIpc) is 2.36. The van der Waals surface area contributed by atoms with Crippen LogP contribution in [0.25, 0.3) is 0 Å². The van der Waals surface area contributed by atoms with Gasteiger partial charge in [-0.3, -0.25) is 4.72 Å². The van der Waals surface area contributed by atoms with Gasteiger partial charge in [0.05, 0.1) is 10.7 Å². The molecule has 1 aliphatic rings. The van der Waals surface area contributed by atoms with Crippen LogP contribution in [0.2, 0.25) is 5.02 Å². The molecule has 0 atom stereocenters. The second-order valence-electron chi connectivity index (χ2n) is 4.97. The number of aromatic hydroxyl groups is 1. The summed E-state index contributed by atoms with van der Waals surface area (Å²) in [6.07, 6.45) is 1.58. The van der Waals surface area contributed by atoms with Crippen molar-refractivity contribution in [3.63, 3.8) is 0 Å². The fourth-order valence-corrected chi connectivity index (χ4v) is 3.47. The van der Waals surface area contributed by atoms with Crippen molar-refractivity contribution in [3.8, 4) is 5.75 Å². The number of phenolic OH excluding ortho intramolecular Hbond substituents is 1. The maximum absolute atomic E-state index is 13.1. The Hall–Kier alpha value is -1.05. The topological polar surface area (TPSA) is 69.6 Å². The summed E-state index contributed by atoms with van der Waals surface area (Å²) in [6, 6.07) is 1.83. The second-order valence-corrected chi connectivity index (χ2v) is 7.05. The highest BCUT2D eigenvalue weighted by molar-refractivity contribution is 7.90. The first-order chi connectivity index (χ1) is 9.29. The van der Waals surface area contributed by atoms with Crippen molar-refractivity contribution in [2.24, 2.45) is 5.92 Å². The minimum atomic E-state index is -3.77. The van der Waals surface area contributed by atoms with Gasteiger partial charge in [0.25, 0.3) is 0 Å². The molecule has 0 saturated carbocycles. The van der Waals surface area contributed by atoms with Crippen molar-refractivity contribution >= 4 is 27.5 Å². The standard InChI is InChI=1S/C12H16ClFN2O3S/c1-8-2-4-16(5-3-8)20(18,19)15-11-6-9(13)10(14)7-12(11)17/h6-8,15,17H,2-5H2,1H3. The molecule has 1 heterocycles. The molecule has 0 aromatic heterocycles. The van der Waals surface area contributed by atoms with Gasteiger partial charge >= 0.3 is 10.2 Å². The fraction of sp³-hybridized carbons (Fsp3) is 0.500. The lowest BCUT2D eigenvalue weighted by molar-refractivity contribution is 0.289. The van der Waals surface area contributed by atoms with Crippen molar-refractivity contribution < 1.29 is 17.9 Å². The molecular weight excluding hydrogens is 307 g/mol. The Balaban J connectivity index is 2.18. The lowest BCUT2D eigenvalue weighted by Crippen LogP contribution is -2.41. The molecule has 0 spiro atoms. The molecule has 0 amide bonds. The van der Waals surface area contributed by atoms with Crippen LogP contribution in [-0.2, 0) is 10.2 Å². The third-order valence-electron chi connectivity index (χ3n) is 3.36. The first kappa shape index (κ1) is 15.3. The fourth-order valence-electron chi connectivity index (χ4n) is 2.05. The molecule has 1 aromatic rings. The number of nitrogens with one attached hydrogen (secondary N) is 1. The van der Waals surface area contributed by atoms with Gasteiger partial charge in [-0.2, -0.15) is 12.7 Å². The summed E-state index contributed by atoms with van der Waals surface area (Å²) in [4.78, 5) is 0. The second kappa shape index (κ2) is 5.75. The van der Waals surface area contributed by atoms with Crippen LogP contribution in [0.3, 0.4) is 0 Å². The summed E-state index contributed by atoms with van der Waals surface area (Å²) in [5.41, 5.74) is -0.130. The molecule has 8 heteroatoms. The molecule has 0 unspecified atom stereocenters. The summed E-state index contributed by atoms with van der Waals surface area (Å²) < 4.78 is 41.0. The van der Waals surface area contributed by atoms with E-state index in [4.69, 9.17) is 11.6 Å². The first-order valence-electron chi connectivity index (χ1n) is 6.25. The van der Waals surface area contributed by atoms with Crippen molar-refractivity contribution in [1.82, 2.24) is 4.31 Å². The van der Waals surface area contributed by atoms with E-state index in [-0.39, 0.29) is 10.7 Å². The zero-order valence-electron chi connectivity index (χ0n) is 10.9. The summed E-state index contributed by atoms with van der Waals surface area (Å²) >= 11 is 5.59. The van der Waals surface area contributed by atoms with E-state index in [1.165, 1.54) is 4.31 Å². The number of hydrogen-bond donors (Lipinski definition) is 2. The molecular formula is C12H16ClFN2O3S. The largest absolute Gasteiger partial charge is 0.506 e. The van der Waals surface area contributed by atoms with Gasteiger partial charge in [-0.25, -0.2) is 4.39 Å². The van der Waals surface area contributed by atoms with Crippen LogP contribution in [0.5, 0.6) is 5.75 Å². The molecule has 1 fully saturated rings. The Labute approximate surface area is 122 Å². The molecule has 2 rings (SSSR count). The Morgan fingerprint density at radius 3 is 2.60 bits per heavy atom. The van der Waals surface area contributed by atoms with Gasteiger partial charge < -0.3 is 5.11 Å². The lowest BCUT2D eigenvalue weighted by Gasteiger charge is -2.29. The van der Waals surface area contributed by atoms with Gasteiger partial charge in [0.2, 0.25) is 0 Å². The van der Waals surface area contributed by atoms with E-state index in [0.717, 1.165) is 25.0 Å². The van der Waals surface area contributed by atoms with Crippen molar-refractivity contribution in [2.75, 3.05) is 17.8 Å². The monoisotopic (exact) mass is 322 g/mol. The Morgan fingerprint density at radius 2 is 2.00 bits per heavy atom. The number of piperidine rings is 1. The third kappa shape index (κ3) is 3.34. The van der Waals surface area contributed by atoms with E-state index in [9.17, 15) is 17.9 Å². The van der Waals surface area contributed by atoms with E-state index >= 15 is 0 Å². The quantitative estimate of drug-likeness (QED) is 0.840. The zero-order valence-corrected chi connectivity index (χ0v) is 12.5. The molecule has 112 valence electrons. The number of halogens is 2. The molecule has 0 bridgehead atoms.